The summed E-state index contributed by atoms with van der Waals surface area (Å²) in [5.74, 6) is 5.63. The van der Waals surface area contributed by atoms with Crippen LogP contribution in [0.1, 0.15) is 27.2 Å². The van der Waals surface area contributed by atoms with Gasteiger partial charge in [-0.3, -0.25) is 0 Å². The summed E-state index contributed by atoms with van der Waals surface area (Å²) in [6.45, 7) is 6.25. The summed E-state index contributed by atoms with van der Waals surface area (Å²) in [5.41, 5.74) is 0. The minimum absolute atomic E-state index is 0.258. The molecule has 0 bridgehead atoms. The Morgan fingerprint density at radius 3 is 2.50 bits per heavy atom. The second kappa shape index (κ2) is 5.65. The molecule has 0 aliphatic rings. The Balaban J connectivity index is 4.02. The van der Waals surface area contributed by atoms with Crippen LogP contribution in [0, 0.1) is 23.7 Å². The van der Waals surface area contributed by atoms with Crippen LogP contribution in [0.4, 0.5) is 0 Å². The van der Waals surface area contributed by atoms with Crippen molar-refractivity contribution in [3.8, 4) is 11.8 Å². The van der Waals surface area contributed by atoms with Crippen molar-refractivity contribution in [2.24, 2.45) is 11.8 Å². The van der Waals surface area contributed by atoms with Crippen LogP contribution in [0.15, 0.2) is 0 Å². The van der Waals surface area contributed by atoms with E-state index < -0.39 is 5.97 Å². The highest BCUT2D eigenvalue weighted by Crippen LogP contribution is 2.12. The molecule has 0 amide bonds. The van der Waals surface area contributed by atoms with Crippen molar-refractivity contribution >= 4 is 5.97 Å². The fourth-order valence-electron chi connectivity index (χ4n) is 0.720. The molecule has 0 rings (SSSR count). The molecule has 0 aliphatic heterocycles. The van der Waals surface area contributed by atoms with Gasteiger partial charge in [-0.1, -0.05) is 33.1 Å². The Hall–Kier alpha value is -0.970. The summed E-state index contributed by atoms with van der Waals surface area (Å²) < 4.78 is 4.40. The first-order valence-electron chi connectivity index (χ1n) is 4.21. The molecule has 68 valence electrons. The van der Waals surface area contributed by atoms with Crippen LogP contribution in [0.25, 0.3) is 0 Å². The number of carbonyl (C=O) groups is 1. The van der Waals surface area contributed by atoms with E-state index in [0.717, 1.165) is 6.42 Å². The average Bonchev–Trinajstić information content (AvgIpc) is 2.11. The highest BCUT2D eigenvalue weighted by atomic mass is 16.5. The number of carbonyl (C=O) groups excluding carboxylic acids is 1. The Labute approximate surface area is 74.3 Å². The van der Waals surface area contributed by atoms with Crippen molar-refractivity contribution in [1.29, 1.82) is 0 Å². The third-order valence-electron chi connectivity index (χ3n) is 2.08. The van der Waals surface area contributed by atoms with Crippen LogP contribution < -0.4 is 0 Å². The van der Waals surface area contributed by atoms with Gasteiger partial charge in [-0.2, -0.15) is 0 Å². The number of ether oxygens (including phenoxy) is 1. The molecule has 2 atom stereocenters. The van der Waals surface area contributed by atoms with Gasteiger partial charge in [0.25, 0.3) is 0 Å². The number of rotatable bonds is 2. The Morgan fingerprint density at radius 1 is 1.50 bits per heavy atom. The average molecular weight is 168 g/mol. The first-order valence-corrected chi connectivity index (χ1v) is 4.21. The van der Waals surface area contributed by atoms with Crippen LogP contribution in [-0.2, 0) is 9.53 Å². The predicted molar refractivity (Wildman–Crippen MR) is 48.4 cm³/mol. The van der Waals surface area contributed by atoms with Crippen LogP contribution in [-0.4, -0.2) is 13.1 Å². The normalized spacial score (nSPS) is 14.0. The maximum atomic E-state index is 10.6. The summed E-state index contributed by atoms with van der Waals surface area (Å²) in [6.07, 6.45) is 1.08. The van der Waals surface area contributed by atoms with Crippen molar-refractivity contribution in [2.45, 2.75) is 27.2 Å². The van der Waals surface area contributed by atoms with E-state index in [1.165, 1.54) is 7.11 Å². The Bertz CT molecular complexity index is 198. The van der Waals surface area contributed by atoms with Crippen molar-refractivity contribution < 1.29 is 9.53 Å². The molecular formula is C10H16O2. The molecule has 0 fully saturated rings. The lowest BCUT2D eigenvalue weighted by molar-refractivity contribution is -0.133. The summed E-state index contributed by atoms with van der Waals surface area (Å²) in [5, 5.41) is 0. The zero-order valence-corrected chi connectivity index (χ0v) is 8.18. The summed E-state index contributed by atoms with van der Waals surface area (Å²) >= 11 is 0. The summed E-state index contributed by atoms with van der Waals surface area (Å²) in [6, 6.07) is 0. The van der Waals surface area contributed by atoms with Gasteiger partial charge >= 0.3 is 5.97 Å². The van der Waals surface area contributed by atoms with E-state index in [-0.39, 0.29) is 5.92 Å². The van der Waals surface area contributed by atoms with Gasteiger partial charge in [0, 0.05) is 11.8 Å². The maximum Gasteiger partial charge on any atom is 0.384 e. The highest BCUT2D eigenvalue weighted by molar-refractivity contribution is 5.88. The Kier molecular flexibility index (Phi) is 5.19. The fraction of sp³-hybridized carbons (Fsp3) is 0.700. The van der Waals surface area contributed by atoms with Gasteiger partial charge in [0.05, 0.1) is 7.11 Å². The van der Waals surface area contributed by atoms with Crippen molar-refractivity contribution in [1.82, 2.24) is 0 Å². The molecular weight excluding hydrogens is 152 g/mol. The molecule has 0 radical (unpaired) electrons. The van der Waals surface area contributed by atoms with Crippen LogP contribution in [0.3, 0.4) is 0 Å². The quantitative estimate of drug-likeness (QED) is 0.357. The summed E-state index contributed by atoms with van der Waals surface area (Å²) in [7, 11) is 1.34. The molecule has 0 aromatic heterocycles. The molecule has 12 heavy (non-hydrogen) atoms. The van der Waals surface area contributed by atoms with E-state index in [0.29, 0.717) is 5.92 Å². The van der Waals surface area contributed by atoms with E-state index in [9.17, 15) is 4.79 Å². The lowest BCUT2D eigenvalue weighted by Crippen LogP contribution is -2.05. The standard InChI is InChI=1S/C10H16O2/c1-5-8(2)9(3)6-7-10(11)12-4/h8-9H,5H2,1-4H3. The van der Waals surface area contributed by atoms with Crippen molar-refractivity contribution in [2.75, 3.05) is 7.11 Å². The highest BCUT2D eigenvalue weighted by Gasteiger charge is 2.06. The van der Waals surface area contributed by atoms with E-state index in [2.05, 4.69) is 30.4 Å². The topological polar surface area (TPSA) is 26.3 Å². The lowest BCUT2D eigenvalue weighted by Gasteiger charge is -2.10. The number of methoxy groups -OCH3 is 1. The molecule has 0 aromatic rings. The SMILES string of the molecule is CCC(C)C(C)C#CC(=O)OC. The molecule has 0 aromatic carbocycles. The van der Waals surface area contributed by atoms with Crippen LogP contribution in [0.2, 0.25) is 0 Å². The molecule has 0 heterocycles. The van der Waals surface area contributed by atoms with E-state index in [1.807, 2.05) is 6.92 Å². The van der Waals surface area contributed by atoms with Crippen LogP contribution >= 0.6 is 0 Å². The molecule has 0 saturated carbocycles. The lowest BCUT2D eigenvalue weighted by atomic mass is 9.94. The first-order chi connectivity index (χ1) is 5.61. The minimum atomic E-state index is -0.454. The van der Waals surface area contributed by atoms with Gasteiger partial charge in [-0.25, -0.2) is 4.79 Å². The third kappa shape index (κ3) is 4.02. The van der Waals surface area contributed by atoms with Gasteiger partial charge in [0.2, 0.25) is 0 Å². The molecule has 2 heteroatoms. The monoisotopic (exact) mass is 168 g/mol. The molecule has 0 saturated heterocycles. The van der Waals surface area contributed by atoms with Gasteiger partial charge in [-0.15, -0.1) is 0 Å². The van der Waals surface area contributed by atoms with E-state index in [1.54, 1.807) is 0 Å². The van der Waals surface area contributed by atoms with Gasteiger partial charge in [0.1, 0.15) is 0 Å². The maximum absolute atomic E-state index is 10.6. The van der Waals surface area contributed by atoms with Gasteiger partial charge in [-0.05, 0) is 5.92 Å². The molecule has 2 unspecified atom stereocenters. The van der Waals surface area contributed by atoms with Crippen molar-refractivity contribution in [3.05, 3.63) is 0 Å². The molecule has 2 nitrogen and oxygen atoms in total. The zero-order valence-electron chi connectivity index (χ0n) is 8.18. The predicted octanol–water partition coefficient (Wildman–Crippen LogP) is 1.85. The number of hydrogen-bond donors (Lipinski definition) is 0. The number of esters is 1. The molecule has 0 spiro atoms. The largest absolute Gasteiger partial charge is 0.459 e. The van der Waals surface area contributed by atoms with Gasteiger partial charge < -0.3 is 4.74 Å². The Morgan fingerprint density at radius 2 is 2.08 bits per heavy atom. The van der Waals surface area contributed by atoms with Gasteiger partial charge in [0.15, 0.2) is 0 Å². The van der Waals surface area contributed by atoms with Crippen LogP contribution in [0.5, 0.6) is 0 Å². The second-order valence-electron chi connectivity index (χ2n) is 2.94. The van der Waals surface area contributed by atoms with E-state index >= 15 is 0 Å². The van der Waals surface area contributed by atoms with E-state index in [4.69, 9.17) is 0 Å². The molecule has 0 N–H and O–H groups in total. The molecule has 0 aliphatic carbocycles. The smallest absolute Gasteiger partial charge is 0.384 e. The van der Waals surface area contributed by atoms with Crippen molar-refractivity contribution in [3.63, 3.8) is 0 Å². The minimum Gasteiger partial charge on any atom is -0.459 e. The first kappa shape index (κ1) is 11.0. The zero-order chi connectivity index (χ0) is 9.56. The third-order valence-corrected chi connectivity index (χ3v) is 2.08. The summed E-state index contributed by atoms with van der Waals surface area (Å²) in [4.78, 5) is 10.6. The fourth-order valence-corrected chi connectivity index (χ4v) is 0.720. The second-order valence-corrected chi connectivity index (χ2v) is 2.94. The number of hydrogen-bond acceptors (Lipinski definition) is 2.